The van der Waals surface area contributed by atoms with Gasteiger partial charge in [-0.05, 0) is 38.1 Å². The fourth-order valence-electron chi connectivity index (χ4n) is 2.54. The highest BCUT2D eigenvalue weighted by atomic mass is 32.2. The molecule has 0 aliphatic carbocycles. The van der Waals surface area contributed by atoms with Crippen molar-refractivity contribution in [3.8, 4) is 0 Å². The highest BCUT2D eigenvalue weighted by Gasteiger charge is 2.15. The van der Waals surface area contributed by atoms with Crippen LogP contribution in [0.25, 0.3) is 0 Å². The molecule has 2 aromatic carbocycles. The number of benzene rings is 2. The highest BCUT2D eigenvalue weighted by molar-refractivity contribution is 7.93. The summed E-state index contributed by atoms with van der Waals surface area (Å²) in [4.78, 5) is 12.2. The summed E-state index contributed by atoms with van der Waals surface area (Å²) in [6, 6.07) is 9.28. The lowest BCUT2D eigenvalue weighted by molar-refractivity contribution is 0.0943. The van der Waals surface area contributed by atoms with Gasteiger partial charge in [0, 0.05) is 29.0 Å². The maximum atomic E-state index is 14.4. The summed E-state index contributed by atoms with van der Waals surface area (Å²) in [6.07, 6.45) is 2.34. The zero-order valence-electron chi connectivity index (χ0n) is 15.7. The van der Waals surface area contributed by atoms with Crippen molar-refractivity contribution < 1.29 is 22.0 Å². The normalized spacial score (nSPS) is 13.9. The topological polar surface area (TPSA) is 75.3 Å². The smallest absolute Gasteiger partial charge is 0.254 e. The minimum absolute atomic E-state index is 0.177. The Morgan fingerprint density at radius 1 is 1.07 bits per heavy atom. The Kier molecular flexibility index (Phi) is 6.90. The maximum Gasteiger partial charge on any atom is 0.254 e. The number of hydrogen-bond acceptors (Lipinski definition) is 4. The zero-order valence-corrected chi connectivity index (χ0v) is 16.6. The van der Waals surface area contributed by atoms with E-state index in [1.807, 2.05) is 0 Å². The van der Waals surface area contributed by atoms with E-state index in [1.54, 1.807) is 32.0 Å². The van der Waals surface area contributed by atoms with Crippen LogP contribution in [0.5, 0.6) is 0 Å². The third-order valence-corrected chi connectivity index (χ3v) is 4.59. The van der Waals surface area contributed by atoms with Gasteiger partial charge in [0.05, 0.1) is 11.6 Å². The van der Waals surface area contributed by atoms with Gasteiger partial charge in [-0.3, -0.25) is 4.79 Å². The fourth-order valence-corrected chi connectivity index (χ4v) is 3.06. The molecular weight excluding hydrogens is 386 g/mol. The van der Waals surface area contributed by atoms with E-state index in [0.29, 0.717) is 11.3 Å². The van der Waals surface area contributed by atoms with Crippen LogP contribution in [0, 0.1) is 11.6 Å². The van der Waals surface area contributed by atoms with Crippen LogP contribution in [-0.2, 0) is 9.84 Å². The van der Waals surface area contributed by atoms with Crippen LogP contribution in [-0.4, -0.2) is 26.6 Å². The lowest BCUT2D eigenvalue weighted by Crippen LogP contribution is -2.31. The predicted molar refractivity (Wildman–Crippen MR) is 106 cm³/mol. The highest BCUT2D eigenvalue weighted by Crippen LogP contribution is 2.23. The lowest BCUT2D eigenvalue weighted by atomic mass is 10.1. The van der Waals surface area contributed by atoms with Crippen LogP contribution < -0.4 is 10.6 Å². The Morgan fingerprint density at radius 2 is 1.75 bits per heavy atom. The SMILES string of the molecule is C[C@H](/C=C/S(C)(=O)=O)NC(=O)c1ccc(N[C@@H](C)c2ccccc2F)cc1F. The molecule has 2 N–H and O–H groups in total. The monoisotopic (exact) mass is 408 g/mol. The minimum Gasteiger partial charge on any atom is -0.378 e. The summed E-state index contributed by atoms with van der Waals surface area (Å²) < 4.78 is 50.4. The Balaban J connectivity index is 2.08. The molecule has 2 rings (SSSR count). The average molecular weight is 408 g/mol. The van der Waals surface area contributed by atoms with Gasteiger partial charge >= 0.3 is 0 Å². The van der Waals surface area contributed by atoms with Gasteiger partial charge in [-0.25, -0.2) is 17.2 Å². The van der Waals surface area contributed by atoms with Gasteiger partial charge in [0.25, 0.3) is 5.91 Å². The fraction of sp³-hybridized carbons (Fsp3) is 0.250. The van der Waals surface area contributed by atoms with Crippen molar-refractivity contribution in [1.82, 2.24) is 5.32 Å². The van der Waals surface area contributed by atoms with Crippen molar-refractivity contribution in [3.05, 3.63) is 76.7 Å². The van der Waals surface area contributed by atoms with E-state index in [2.05, 4.69) is 10.6 Å². The predicted octanol–water partition coefficient (Wildman–Crippen LogP) is 3.81. The molecule has 0 spiro atoms. The Bertz CT molecular complexity index is 991. The van der Waals surface area contributed by atoms with E-state index >= 15 is 0 Å². The molecule has 0 aliphatic heterocycles. The number of nitrogens with one attached hydrogen (secondary N) is 2. The molecule has 0 unspecified atom stereocenters. The van der Waals surface area contributed by atoms with Crippen LogP contribution >= 0.6 is 0 Å². The zero-order chi connectivity index (χ0) is 20.9. The molecule has 0 bridgehead atoms. The number of anilines is 1. The van der Waals surface area contributed by atoms with Crippen molar-refractivity contribution in [2.24, 2.45) is 0 Å². The van der Waals surface area contributed by atoms with Crippen LogP contribution in [0.1, 0.15) is 35.8 Å². The maximum absolute atomic E-state index is 14.4. The molecule has 0 radical (unpaired) electrons. The van der Waals surface area contributed by atoms with Crippen molar-refractivity contribution in [2.45, 2.75) is 25.9 Å². The van der Waals surface area contributed by atoms with Gasteiger partial charge in [0.2, 0.25) is 0 Å². The van der Waals surface area contributed by atoms with Crippen LogP contribution in [0.3, 0.4) is 0 Å². The summed E-state index contributed by atoms with van der Waals surface area (Å²) >= 11 is 0. The number of amides is 1. The van der Waals surface area contributed by atoms with E-state index in [1.165, 1.54) is 24.3 Å². The van der Waals surface area contributed by atoms with Crippen LogP contribution in [0.4, 0.5) is 14.5 Å². The van der Waals surface area contributed by atoms with Gasteiger partial charge in [0.1, 0.15) is 11.6 Å². The van der Waals surface area contributed by atoms with Crippen molar-refractivity contribution in [1.29, 1.82) is 0 Å². The molecule has 0 aliphatic rings. The Hall–Kier alpha value is -2.74. The molecule has 2 aromatic rings. The summed E-state index contributed by atoms with van der Waals surface area (Å²) in [5, 5.41) is 6.47. The Morgan fingerprint density at radius 3 is 2.36 bits per heavy atom. The molecule has 0 saturated heterocycles. The van der Waals surface area contributed by atoms with Crippen molar-refractivity contribution >= 4 is 21.4 Å². The quantitative estimate of drug-likeness (QED) is 0.731. The number of carbonyl (C=O) groups is 1. The second kappa shape index (κ2) is 8.97. The molecule has 1 amide bonds. The molecular formula is C20H22F2N2O3S. The van der Waals surface area contributed by atoms with Gasteiger partial charge in [-0.2, -0.15) is 0 Å². The first-order valence-corrected chi connectivity index (χ1v) is 10.5. The first kappa shape index (κ1) is 21.6. The molecule has 0 aromatic heterocycles. The first-order chi connectivity index (χ1) is 13.1. The van der Waals surface area contributed by atoms with E-state index in [-0.39, 0.29) is 11.4 Å². The van der Waals surface area contributed by atoms with Gasteiger partial charge < -0.3 is 10.6 Å². The summed E-state index contributed by atoms with van der Waals surface area (Å²) in [5.41, 5.74) is 0.662. The molecule has 0 fully saturated rings. The largest absolute Gasteiger partial charge is 0.378 e. The number of halogens is 2. The van der Waals surface area contributed by atoms with E-state index in [9.17, 15) is 22.0 Å². The summed E-state index contributed by atoms with van der Waals surface area (Å²) in [7, 11) is -3.31. The van der Waals surface area contributed by atoms with Gasteiger partial charge in [-0.1, -0.05) is 24.3 Å². The van der Waals surface area contributed by atoms with Crippen molar-refractivity contribution in [3.63, 3.8) is 0 Å². The number of rotatable bonds is 7. The molecule has 0 saturated carbocycles. The first-order valence-electron chi connectivity index (χ1n) is 8.56. The van der Waals surface area contributed by atoms with E-state index in [4.69, 9.17) is 0 Å². The standard InChI is InChI=1S/C20H22F2N2O3S/c1-13(10-11-28(3,26)27)23-20(25)17-9-8-15(12-19(17)22)24-14(2)16-6-4-5-7-18(16)21/h4-14,24H,1-3H3,(H,23,25)/b11-10+/t13-,14+/m1/s1. The number of carbonyl (C=O) groups excluding carboxylic acids is 1. The lowest BCUT2D eigenvalue weighted by Gasteiger charge is -2.17. The number of sulfone groups is 1. The minimum atomic E-state index is -3.31. The second-order valence-corrected chi connectivity index (χ2v) is 8.43. The summed E-state index contributed by atoms with van der Waals surface area (Å²) in [5.74, 6) is -1.78. The van der Waals surface area contributed by atoms with Crippen LogP contribution in [0.15, 0.2) is 53.9 Å². The van der Waals surface area contributed by atoms with Gasteiger partial charge in [0.15, 0.2) is 9.84 Å². The van der Waals surface area contributed by atoms with Crippen molar-refractivity contribution in [2.75, 3.05) is 11.6 Å². The molecule has 5 nitrogen and oxygen atoms in total. The molecule has 150 valence electrons. The molecule has 2 atom stereocenters. The van der Waals surface area contributed by atoms with E-state index < -0.39 is 33.6 Å². The molecule has 0 heterocycles. The third kappa shape index (κ3) is 6.16. The third-order valence-electron chi connectivity index (χ3n) is 3.94. The van der Waals surface area contributed by atoms with Crippen LogP contribution in [0.2, 0.25) is 0 Å². The Labute approximate surface area is 163 Å². The van der Waals surface area contributed by atoms with E-state index in [0.717, 1.165) is 17.7 Å². The number of hydrogen-bond donors (Lipinski definition) is 2. The molecule has 28 heavy (non-hydrogen) atoms. The second-order valence-electron chi connectivity index (χ2n) is 6.50. The average Bonchev–Trinajstić information content (AvgIpc) is 2.59. The molecule has 8 heteroatoms. The van der Waals surface area contributed by atoms with Gasteiger partial charge in [-0.15, -0.1) is 0 Å². The summed E-state index contributed by atoms with van der Waals surface area (Å²) in [6.45, 7) is 3.32.